The van der Waals surface area contributed by atoms with Crippen LogP contribution in [0.5, 0.6) is 17.2 Å². The monoisotopic (exact) mass is 417 g/mol. The Labute approximate surface area is 180 Å². The topological polar surface area (TPSA) is 82.6 Å². The molecule has 0 saturated carbocycles. The molecule has 1 N–H and O–H groups in total. The van der Waals surface area contributed by atoms with Crippen LogP contribution in [0.4, 0.5) is 0 Å². The molecular weight excluding hydrogens is 394 g/mol. The summed E-state index contributed by atoms with van der Waals surface area (Å²) in [7, 11) is 0. The van der Waals surface area contributed by atoms with E-state index in [9.17, 15) is 4.79 Å². The molecule has 2 aromatic carbocycles. The average molecular weight is 417 g/mol. The van der Waals surface area contributed by atoms with Crippen molar-refractivity contribution in [2.75, 3.05) is 13.2 Å². The number of hydrogen-bond acceptors (Lipinski definition) is 6. The molecular formula is C24H23N3O4. The Morgan fingerprint density at radius 2 is 1.94 bits per heavy atom. The Bertz CT molecular complexity index is 1150. The summed E-state index contributed by atoms with van der Waals surface area (Å²) in [5, 5.41) is 2.93. The van der Waals surface area contributed by atoms with E-state index in [2.05, 4.69) is 21.4 Å². The molecule has 2 unspecified atom stereocenters. The van der Waals surface area contributed by atoms with Gasteiger partial charge in [-0.15, -0.1) is 0 Å². The third kappa shape index (κ3) is 3.91. The Kier molecular flexibility index (Phi) is 4.94. The van der Waals surface area contributed by atoms with E-state index in [4.69, 9.17) is 14.2 Å². The second-order valence-electron chi connectivity index (χ2n) is 7.82. The minimum Gasteiger partial charge on any atom is -0.488 e. The number of nitrogens with zero attached hydrogens (tertiary/aromatic N) is 2. The number of para-hydroxylation sites is 2. The highest BCUT2D eigenvalue weighted by atomic mass is 16.6. The third-order valence-corrected chi connectivity index (χ3v) is 5.46. The van der Waals surface area contributed by atoms with Crippen molar-refractivity contribution in [2.45, 2.75) is 32.5 Å². The Hall–Kier alpha value is -3.61. The molecule has 0 aliphatic carbocycles. The zero-order valence-electron chi connectivity index (χ0n) is 17.4. The van der Waals surface area contributed by atoms with Gasteiger partial charge in [-0.25, -0.2) is 4.98 Å². The van der Waals surface area contributed by atoms with Crippen LogP contribution in [0, 0.1) is 13.8 Å². The molecule has 0 fully saturated rings. The number of carbonyl (C=O) groups is 1. The van der Waals surface area contributed by atoms with Gasteiger partial charge in [0.15, 0.2) is 11.5 Å². The van der Waals surface area contributed by atoms with Crippen molar-refractivity contribution in [3.05, 3.63) is 65.6 Å². The summed E-state index contributed by atoms with van der Waals surface area (Å²) in [5.74, 6) is 1.87. The normalized spacial score (nSPS) is 18.8. The van der Waals surface area contributed by atoms with E-state index >= 15 is 0 Å². The summed E-state index contributed by atoms with van der Waals surface area (Å²) in [6, 6.07) is 13.4. The fraction of sp³-hybridized carbons (Fsp3) is 0.292. The zero-order valence-corrected chi connectivity index (χ0v) is 17.4. The van der Waals surface area contributed by atoms with Crippen molar-refractivity contribution in [3.8, 4) is 28.5 Å². The number of rotatable bonds is 4. The maximum Gasteiger partial charge on any atom is 0.264 e. The van der Waals surface area contributed by atoms with Gasteiger partial charge >= 0.3 is 0 Å². The van der Waals surface area contributed by atoms with E-state index in [-0.39, 0.29) is 18.6 Å². The summed E-state index contributed by atoms with van der Waals surface area (Å²) in [5.41, 5.74) is 4.78. The second kappa shape index (κ2) is 7.91. The number of amides is 1. The Morgan fingerprint density at radius 3 is 2.81 bits per heavy atom. The van der Waals surface area contributed by atoms with Gasteiger partial charge in [-0.1, -0.05) is 12.1 Å². The lowest BCUT2D eigenvalue weighted by Crippen LogP contribution is -2.46. The largest absolute Gasteiger partial charge is 0.488 e. The molecule has 1 amide bonds. The lowest BCUT2D eigenvalue weighted by atomic mass is 10.0. The van der Waals surface area contributed by atoms with E-state index in [1.807, 2.05) is 44.2 Å². The summed E-state index contributed by atoms with van der Waals surface area (Å²) in [6.45, 7) is 4.48. The molecule has 2 aliphatic rings. The second-order valence-corrected chi connectivity index (χ2v) is 7.82. The van der Waals surface area contributed by atoms with Gasteiger partial charge in [0.2, 0.25) is 6.10 Å². The SMILES string of the molecule is Cc1cnc(C)c(-c2ccc3c(c2)CC(CNC(=O)C2COc4ccccc4O2)O3)n1. The summed E-state index contributed by atoms with van der Waals surface area (Å²) >= 11 is 0. The van der Waals surface area contributed by atoms with Crippen molar-refractivity contribution < 1.29 is 19.0 Å². The van der Waals surface area contributed by atoms with Crippen molar-refractivity contribution in [1.29, 1.82) is 0 Å². The Morgan fingerprint density at radius 1 is 1.10 bits per heavy atom. The smallest absolute Gasteiger partial charge is 0.264 e. The number of aryl methyl sites for hydroxylation is 2. The highest BCUT2D eigenvalue weighted by Crippen LogP contribution is 2.33. The molecule has 1 aromatic heterocycles. The molecule has 0 spiro atoms. The fourth-order valence-electron chi connectivity index (χ4n) is 3.87. The van der Waals surface area contributed by atoms with Crippen LogP contribution >= 0.6 is 0 Å². The first-order valence-corrected chi connectivity index (χ1v) is 10.3. The molecule has 2 atom stereocenters. The van der Waals surface area contributed by atoms with Gasteiger partial charge in [0, 0.05) is 18.2 Å². The minimum atomic E-state index is -0.673. The molecule has 0 radical (unpaired) electrons. The molecule has 7 heteroatoms. The number of aromatic nitrogens is 2. The first-order valence-electron chi connectivity index (χ1n) is 10.3. The van der Waals surface area contributed by atoms with Gasteiger partial charge in [-0.05, 0) is 49.7 Å². The molecule has 7 nitrogen and oxygen atoms in total. The lowest BCUT2D eigenvalue weighted by molar-refractivity contribution is -0.130. The van der Waals surface area contributed by atoms with Gasteiger partial charge < -0.3 is 19.5 Å². The lowest BCUT2D eigenvalue weighted by Gasteiger charge is -2.25. The molecule has 3 aromatic rings. The zero-order chi connectivity index (χ0) is 21.4. The van der Waals surface area contributed by atoms with Gasteiger partial charge in [-0.3, -0.25) is 9.78 Å². The van der Waals surface area contributed by atoms with Crippen LogP contribution in [-0.4, -0.2) is 41.2 Å². The van der Waals surface area contributed by atoms with Gasteiger partial charge in [-0.2, -0.15) is 0 Å². The summed E-state index contributed by atoms with van der Waals surface area (Å²) in [6.07, 6.45) is 1.68. The van der Waals surface area contributed by atoms with Gasteiger partial charge in [0.1, 0.15) is 18.5 Å². The number of hydrogen-bond donors (Lipinski definition) is 1. The Balaban J connectivity index is 1.21. The molecule has 2 aliphatic heterocycles. The van der Waals surface area contributed by atoms with Crippen LogP contribution in [0.1, 0.15) is 17.0 Å². The van der Waals surface area contributed by atoms with E-state index in [1.165, 1.54) is 0 Å². The number of benzene rings is 2. The van der Waals surface area contributed by atoms with Crippen LogP contribution in [0.15, 0.2) is 48.7 Å². The highest BCUT2D eigenvalue weighted by molar-refractivity contribution is 5.81. The first-order chi connectivity index (χ1) is 15.1. The van der Waals surface area contributed by atoms with Crippen LogP contribution in [0.25, 0.3) is 11.3 Å². The van der Waals surface area contributed by atoms with Crippen LogP contribution in [0.2, 0.25) is 0 Å². The van der Waals surface area contributed by atoms with Gasteiger partial charge in [0.05, 0.1) is 23.6 Å². The van der Waals surface area contributed by atoms with E-state index < -0.39 is 6.10 Å². The van der Waals surface area contributed by atoms with Crippen molar-refractivity contribution in [3.63, 3.8) is 0 Å². The van der Waals surface area contributed by atoms with E-state index in [0.717, 1.165) is 34.0 Å². The van der Waals surface area contributed by atoms with E-state index in [0.29, 0.717) is 24.5 Å². The summed E-state index contributed by atoms with van der Waals surface area (Å²) < 4.78 is 17.4. The molecule has 0 saturated heterocycles. The highest BCUT2D eigenvalue weighted by Gasteiger charge is 2.29. The standard InChI is InChI=1S/C24H23N3O4/c1-14-11-25-15(2)23(27-14)16-7-8-19-17(9-16)10-18(30-19)12-26-24(28)22-13-29-20-5-3-4-6-21(20)31-22/h3-9,11,18,22H,10,12-13H2,1-2H3,(H,26,28). The number of nitrogens with one attached hydrogen (secondary N) is 1. The maximum absolute atomic E-state index is 12.6. The molecule has 31 heavy (non-hydrogen) atoms. The summed E-state index contributed by atoms with van der Waals surface area (Å²) in [4.78, 5) is 21.6. The minimum absolute atomic E-state index is 0.129. The van der Waals surface area contributed by atoms with Crippen LogP contribution in [-0.2, 0) is 11.2 Å². The maximum atomic E-state index is 12.6. The number of carbonyl (C=O) groups excluding carboxylic acids is 1. The number of fused-ring (bicyclic) bond motifs is 2. The predicted molar refractivity (Wildman–Crippen MR) is 114 cm³/mol. The predicted octanol–water partition coefficient (Wildman–Crippen LogP) is 3.02. The van der Waals surface area contributed by atoms with E-state index in [1.54, 1.807) is 12.3 Å². The number of ether oxygens (including phenoxy) is 3. The van der Waals surface area contributed by atoms with Gasteiger partial charge in [0.25, 0.3) is 5.91 Å². The molecule has 158 valence electrons. The van der Waals surface area contributed by atoms with Crippen LogP contribution in [0.3, 0.4) is 0 Å². The molecule has 5 rings (SSSR count). The van der Waals surface area contributed by atoms with Crippen molar-refractivity contribution >= 4 is 5.91 Å². The average Bonchev–Trinajstić information content (AvgIpc) is 3.21. The third-order valence-electron chi connectivity index (χ3n) is 5.46. The van der Waals surface area contributed by atoms with Crippen molar-refractivity contribution in [2.24, 2.45) is 0 Å². The fourth-order valence-corrected chi connectivity index (χ4v) is 3.87. The molecule has 0 bridgehead atoms. The molecule has 3 heterocycles. The quantitative estimate of drug-likeness (QED) is 0.703. The van der Waals surface area contributed by atoms with Crippen molar-refractivity contribution in [1.82, 2.24) is 15.3 Å². The van der Waals surface area contributed by atoms with Crippen LogP contribution < -0.4 is 19.5 Å². The first kappa shape index (κ1) is 19.4.